The molecule has 0 radical (unpaired) electrons. The van der Waals surface area contributed by atoms with Gasteiger partial charge in [0.25, 0.3) is 0 Å². The minimum Gasteiger partial charge on any atom is -0.493 e. The molecule has 3 aromatic heterocycles. The Morgan fingerprint density at radius 2 is 1.91 bits per heavy atom. The first-order valence-electron chi connectivity index (χ1n) is 14.7. The Morgan fingerprint density at radius 1 is 1.11 bits per heavy atom. The lowest BCUT2D eigenvalue weighted by Crippen LogP contribution is -2.43. The Hall–Kier alpha value is -4.21. The number of ether oxygens (including phenoxy) is 1. The molecule has 1 aliphatic carbocycles. The SMILES string of the molecule is CS(=O)(=O)CCCOc1cccc2c1cnn2-c1ccnc(N[C@H]2CC[C@H](C(=O)N3CCn4cc(C(F)(F)F)nc4C3)CC2)n1. The number of hydrogen-bond donors (Lipinski definition) is 1. The van der Waals surface area contributed by atoms with Crippen molar-refractivity contribution >= 4 is 32.6 Å². The van der Waals surface area contributed by atoms with Crippen LogP contribution in [0, 0.1) is 5.92 Å². The van der Waals surface area contributed by atoms with Crippen molar-refractivity contribution in [3.05, 3.63) is 54.4 Å². The standard InChI is InChI=1S/C29H33F3N8O4S/c1-45(42,43)15-3-14-44-23-5-2-4-22-21(23)16-34-40(22)25-10-11-33-28(37-25)35-20-8-6-19(7-9-20)27(41)39-13-12-38-17-24(29(30,31)32)36-26(38)18-39/h2,4-5,10-11,16-17,19-20H,3,6-9,12-15,18H2,1H3,(H,33,35,37)/t19-,20-. The summed E-state index contributed by atoms with van der Waals surface area (Å²) in [6.07, 6.45) is 4.13. The van der Waals surface area contributed by atoms with E-state index in [9.17, 15) is 26.4 Å². The highest BCUT2D eigenvalue weighted by molar-refractivity contribution is 7.90. The smallest absolute Gasteiger partial charge is 0.434 e. The summed E-state index contributed by atoms with van der Waals surface area (Å²) in [6, 6.07) is 7.34. The predicted molar refractivity (Wildman–Crippen MR) is 158 cm³/mol. The normalized spacial score (nSPS) is 19.0. The number of amides is 1. The van der Waals surface area contributed by atoms with Crippen LogP contribution in [0.4, 0.5) is 19.1 Å². The molecule has 2 aliphatic rings. The topological polar surface area (TPSA) is 137 Å². The number of carbonyl (C=O) groups is 1. The minimum absolute atomic E-state index is 0.0428. The summed E-state index contributed by atoms with van der Waals surface area (Å²) < 4.78 is 71.0. The third kappa shape index (κ3) is 7.05. The van der Waals surface area contributed by atoms with Crippen LogP contribution in [0.15, 0.2) is 42.9 Å². The van der Waals surface area contributed by atoms with Gasteiger partial charge in [-0.05, 0) is 44.2 Å². The van der Waals surface area contributed by atoms with Crippen molar-refractivity contribution < 1.29 is 31.1 Å². The van der Waals surface area contributed by atoms with Crippen LogP contribution in [0.1, 0.15) is 43.6 Å². The molecular formula is C29H33F3N8O4S. The van der Waals surface area contributed by atoms with Gasteiger partial charge in [0.1, 0.15) is 21.4 Å². The number of rotatable bonds is 9. The molecule has 4 heterocycles. The maximum absolute atomic E-state index is 13.2. The molecule has 0 atom stereocenters. The average molecular weight is 647 g/mol. The van der Waals surface area contributed by atoms with Crippen molar-refractivity contribution in [3.8, 4) is 11.6 Å². The molecule has 1 saturated carbocycles. The fraction of sp³-hybridized carbons (Fsp3) is 0.483. The summed E-state index contributed by atoms with van der Waals surface area (Å²) in [5.74, 6) is 1.66. The number of nitrogens with zero attached hydrogens (tertiary/aromatic N) is 7. The lowest BCUT2D eigenvalue weighted by molar-refractivity contribution is -0.141. The number of imidazole rings is 1. The number of anilines is 1. The summed E-state index contributed by atoms with van der Waals surface area (Å²) in [5, 5.41) is 8.65. The van der Waals surface area contributed by atoms with Crippen LogP contribution in [0.25, 0.3) is 16.7 Å². The fourth-order valence-electron chi connectivity index (χ4n) is 5.88. The van der Waals surface area contributed by atoms with Gasteiger partial charge >= 0.3 is 6.18 Å². The average Bonchev–Trinajstić information content (AvgIpc) is 3.64. The van der Waals surface area contributed by atoms with E-state index in [-0.39, 0.29) is 42.6 Å². The summed E-state index contributed by atoms with van der Waals surface area (Å²) >= 11 is 0. The lowest BCUT2D eigenvalue weighted by atomic mass is 9.85. The van der Waals surface area contributed by atoms with Crippen LogP contribution < -0.4 is 10.1 Å². The van der Waals surface area contributed by atoms with Crippen LogP contribution in [0.3, 0.4) is 0 Å². The van der Waals surface area contributed by atoms with Crippen LogP contribution in [-0.2, 0) is 33.9 Å². The summed E-state index contributed by atoms with van der Waals surface area (Å²) in [5.41, 5.74) is -0.155. The van der Waals surface area contributed by atoms with Gasteiger partial charge in [0.15, 0.2) is 11.5 Å². The zero-order valence-corrected chi connectivity index (χ0v) is 25.4. The van der Waals surface area contributed by atoms with Crippen LogP contribution in [-0.4, -0.2) is 79.7 Å². The van der Waals surface area contributed by atoms with Gasteiger partial charge in [0, 0.05) is 49.8 Å². The van der Waals surface area contributed by atoms with Crippen molar-refractivity contribution in [2.45, 2.75) is 57.4 Å². The van der Waals surface area contributed by atoms with Crippen molar-refractivity contribution in [3.63, 3.8) is 0 Å². The maximum atomic E-state index is 13.2. The van der Waals surface area contributed by atoms with Crippen molar-refractivity contribution in [1.29, 1.82) is 0 Å². The molecule has 1 amide bonds. The minimum atomic E-state index is -4.51. The van der Waals surface area contributed by atoms with Gasteiger partial charge in [-0.15, -0.1) is 0 Å². The zero-order chi connectivity index (χ0) is 31.8. The first kappa shape index (κ1) is 30.8. The molecule has 0 bridgehead atoms. The quantitative estimate of drug-likeness (QED) is 0.269. The van der Waals surface area contributed by atoms with E-state index in [1.807, 2.05) is 18.2 Å². The molecule has 1 aromatic carbocycles. The number of carbonyl (C=O) groups excluding carboxylic acids is 1. The van der Waals surface area contributed by atoms with E-state index < -0.39 is 21.7 Å². The maximum Gasteiger partial charge on any atom is 0.434 e. The molecular weight excluding hydrogens is 613 g/mol. The van der Waals surface area contributed by atoms with E-state index in [0.29, 0.717) is 49.9 Å². The van der Waals surface area contributed by atoms with E-state index >= 15 is 0 Å². The Kier molecular flexibility index (Phi) is 8.41. The van der Waals surface area contributed by atoms with Gasteiger partial charge in [0.05, 0.1) is 36.0 Å². The van der Waals surface area contributed by atoms with Crippen LogP contribution in [0.2, 0.25) is 0 Å². The number of nitrogens with one attached hydrogen (secondary N) is 1. The Balaban J connectivity index is 1.05. The first-order chi connectivity index (χ1) is 21.4. The fourth-order valence-corrected chi connectivity index (χ4v) is 6.52. The molecule has 16 heteroatoms. The number of aromatic nitrogens is 6. The molecule has 1 fully saturated rings. The van der Waals surface area contributed by atoms with Crippen molar-refractivity contribution in [2.24, 2.45) is 5.92 Å². The summed E-state index contributed by atoms with van der Waals surface area (Å²) in [6.45, 7) is 0.989. The lowest BCUT2D eigenvalue weighted by Gasteiger charge is -2.34. The largest absolute Gasteiger partial charge is 0.493 e. The number of alkyl halides is 3. The molecule has 0 spiro atoms. The molecule has 0 unspecified atom stereocenters. The second kappa shape index (κ2) is 12.3. The van der Waals surface area contributed by atoms with Gasteiger partial charge in [-0.25, -0.2) is 23.1 Å². The summed E-state index contributed by atoms with van der Waals surface area (Å²) in [4.78, 5) is 27.6. The zero-order valence-electron chi connectivity index (χ0n) is 24.6. The van der Waals surface area contributed by atoms with Crippen LogP contribution in [0.5, 0.6) is 5.75 Å². The first-order valence-corrected chi connectivity index (χ1v) is 16.8. The Bertz CT molecular complexity index is 1800. The third-order valence-corrected chi connectivity index (χ3v) is 9.19. The van der Waals surface area contributed by atoms with Crippen LogP contribution >= 0.6 is 0 Å². The van der Waals surface area contributed by atoms with E-state index in [4.69, 9.17) is 4.74 Å². The number of benzene rings is 1. The molecule has 0 saturated heterocycles. The van der Waals surface area contributed by atoms with Gasteiger partial charge in [-0.2, -0.15) is 23.3 Å². The van der Waals surface area contributed by atoms with Crippen molar-refractivity contribution in [1.82, 2.24) is 34.2 Å². The van der Waals surface area contributed by atoms with Gasteiger partial charge < -0.3 is 19.5 Å². The van der Waals surface area contributed by atoms with Gasteiger partial charge in [-0.3, -0.25) is 4.79 Å². The molecule has 4 aromatic rings. The second-order valence-corrected chi connectivity index (χ2v) is 13.8. The number of sulfone groups is 1. The highest BCUT2D eigenvalue weighted by Gasteiger charge is 2.37. The number of fused-ring (bicyclic) bond motifs is 2. The Morgan fingerprint density at radius 3 is 2.67 bits per heavy atom. The van der Waals surface area contributed by atoms with E-state index in [2.05, 4.69) is 25.4 Å². The van der Waals surface area contributed by atoms with E-state index in [1.165, 1.54) is 10.8 Å². The van der Waals surface area contributed by atoms with Crippen molar-refractivity contribution in [2.75, 3.05) is 30.5 Å². The highest BCUT2D eigenvalue weighted by Crippen LogP contribution is 2.32. The van der Waals surface area contributed by atoms with Gasteiger partial charge in [-0.1, -0.05) is 6.07 Å². The molecule has 1 aliphatic heterocycles. The molecule has 45 heavy (non-hydrogen) atoms. The molecule has 1 N–H and O–H groups in total. The predicted octanol–water partition coefficient (Wildman–Crippen LogP) is 3.86. The third-order valence-electron chi connectivity index (χ3n) is 8.16. The highest BCUT2D eigenvalue weighted by atomic mass is 32.2. The molecule has 240 valence electrons. The summed E-state index contributed by atoms with van der Waals surface area (Å²) in [7, 11) is -3.06. The molecule has 12 nitrogen and oxygen atoms in total. The van der Waals surface area contributed by atoms with E-state index in [1.54, 1.807) is 28.0 Å². The van der Waals surface area contributed by atoms with Gasteiger partial charge in [0.2, 0.25) is 11.9 Å². The second-order valence-electron chi connectivity index (χ2n) is 11.5. The molecule has 6 rings (SSSR count). The number of hydrogen-bond acceptors (Lipinski definition) is 9. The number of halogens is 3. The van der Waals surface area contributed by atoms with E-state index in [0.717, 1.165) is 29.9 Å². The monoisotopic (exact) mass is 646 g/mol. The Labute approximate surface area is 257 Å².